The number of carbonyl (C=O) groups excluding carboxylic acids is 1. The van der Waals surface area contributed by atoms with E-state index in [-0.39, 0.29) is 59.3 Å². The van der Waals surface area contributed by atoms with Gasteiger partial charge in [-0.3, -0.25) is 9.78 Å². The lowest BCUT2D eigenvalue weighted by atomic mass is 10.00. The first-order valence-corrected chi connectivity index (χ1v) is 9.60. The van der Waals surface area contributed by atoms with E-state index in [1.807, 2.05) is 6.07 Å². The molecule has 1 amide bonds. The van der Waals surface area contributed by atoms with Crippen LogP contribution in [-0.4, -0.2) is 44.2 Å². The molecule has 0 aliphatic rings. The van der Waals surface area contributed by atoms with Crippen LogP contribution in [0.4, 0.5) is 4.39 Å². The van der Waals surface area contributed by atoms with E-state index in [0.29, 0.717) is 10.8 Å². The average molecular weight is 418 g/mol. The third-order valence-corrected chi connectivity index (χ3v) is 5.24. The molecule has 0 atom stereocenters. The lowest BCUT2D eigenvalue weighted by molar-refractivity contribution is 0.0802. The molecule has 0 radical (unpaired) electrons. The third kappa shape index (κ3) is 3.51. The van der Waals surface area contributed by atoms with Crippen LogP contribution in [0.2, 0.25) is 0 Å². The predicted molar refractivity (Wildman–Crippen MR) is 113 cm³/mol. The maximum absolute atomic E-state index is 13.3. The Hall–Kier alpha value is -4.12. The summed E-state index contributed by atoms with van der Waals surface area (Å²) >= 11 is 0. The summed E-state index contributed by atoms with van der Waals surface area (Å²) in [5.41, 5.74) is 1.21. The molecule has 2 aromatic heterocycles. The molecule has 0 saturated carbocycles. The minimum absolute atomic E-state index is 0.116. The quantitative estimate of drug-likeness (QED) is 0.514. The largest absolute Gasteiger partial charge is 0.505 e. The van der Waals surface area contributed by atoms with Crippen LogP contribution in [-0.2, 0) is 6.54 Å². The van der Waals surface area contributed by atoms with Gasteiger partial charge in [0.15, 0.2) is 5.75 Å². The summed E-state index contributed by atoms with van der Waals surface area (Å²) in [4.78, 5) is 18.9. The lowest BCUT2D eigenvalue weighted by Crippen LogP contribution is -2.28. The van der Waals surface area contributed by atoms with Gasteiger partial charge in [-0.15, -0.1) is 0 Å². The number of phenols is 1. The smallest absolute Gasteiger partial charge is 0.255 e. The third-order valence-electron chi connectivity index (χ3n) is 5.24. The number of aromatic hydroxyl groups is 2. The van der Waals surface area contributed by atoms with E-state index in [1.165, 1.54) is 27.8 Å². The monoisotopic (exact) mass is 418 g/mol. The number of amides is 1. The van der Waals surface area contributed by atoms with Gasteiger partial charge in [-0.05, 0) is 23.8 Å². The second-order valence-electron chi connectivity index (χ2n) is 7.25. The van der Waals surface area contributed by atoms with E-state index in [0.717, 1.165) is 5.56 Å². The molecule has 0 spiro atoms. The first kappa shape index (κ1) is 20.2. The van der Waals surface area contributed by atoms with Gasteiger partial charge in [-0.25, -0.2) is 4.39 Å². The molecular weight excluding hydrogens is 399 g/mol. The molecule has 31 heavy (non-hydrogen) atoms. The number of hydrogen-bond acceptors (Lipinski definition) is 5. The minimum atomic E-state index is -0.367. The summed E-state index contributed by atoms with van der Waals surface area (Å²) in [5.74, 6) is -1.17. The lowest BCUT2D eigenvalue weighted by Gasteiger charge is -2.18. The Morgan fingerprint density at radius 1 is 1.23 bits per heavy atom. The zero-order valence-corrected chi connectivity index (χ0v) is 16.7. The molecule has 4 aromatic rings. The van der Waals surface area contributed by atoms with E-state index in [4.69, 9.17) is 5.26 Å². The number of hydrogen-bond donors (Lipinski definition) is 2. The summed E-state index contributed by atoms with van der Waals surface area (Å²) in [6.45, 7) is 0.448. The number of nitrogens with zero attached hydrogens (tertiary/aromatic N) is 4. The molecule has 2 heterocycles. The topological polar surface area (TPSA) is 102 Å². The Balaban J connectivity index is 1.94. The molecule has 2 aromatic carbocycles. The zero-order chi connectivity index (χ0) is 22.1. The number of rotatable bonds is 5. The van der Waals surface area contributed by atoms with Crippen molar-refractivity contribution in [2.75, 3.05) is 13.6 Å². The van der Waals surface area contributed by atoms with Gasteiger partial charge in [-0.2, -0.15) is 5.26 Å². The van der Waals surface area contributed by atoms with Crippen LogP contribution in [0.5, 0.6) is 11.6 Å². The van der Waals surface area contributed by atoms with Crippen LogP contribution in [0.1, 0.15) is 22.3 Å². The summed E-state index contributed by atoms with van der Waals surface area (Å²) < 4.78 is 14.7. The van der Waals surface area contributed by atoms with Gasteiger partial charge < -0.3 is 19.7 Å². The Labute approximate surface area is 177 Å². The highest BCUT2D eigenvalue weighted by Crippen LogP contribution is 2.42. The number of carbonyl (C=O) groups is 1. The second-order valence-corrected chi connectivity index (χ2v) is 7.25. The highest BCUT2D eigenvalue weighted by atomic mass is 19.1. The molecule has 7 nitrogen and oxygen atoms in total. The van der Waals surface area contributed by atoms with E-state index in [2.05, 4.69) is 4.98 Å². The fourth-order valence-corrected chi connectivity index (χ4v) is 3.68. The minimum Gasteiger partial charge on any atom is -0.505 e. The highest BCUT2D eigenvalue weighted by molar-refractivity contribution is 6.21. The van der Waals surface area contributed by atoms with E-state index >= 15 is 0 Å². The van der Waals surface area contributed by atoms with Gasteiger partial charge in [0.1, 0.15) is 11.3 Å². The maximum atomic E-state index is 13.3. The van der Waals surface area contributed by atoms with Crippen LogP contribution in [0.15, 0.2) is 48.8 Å². The van der Waals surface area contributed by atoms with Crippen LogP contribution >= 0.6 is 0 Å². The molecule has 0 fully saturated rings. The number of aromatic nitrogens is 2. The Kier molecular flexibility index (Phi) is 5.17. The molecule has 0 saturated heterocycles. The molecule has 2 N–H and O–H groups in total. The number of fused-ring (bicyclic) bond motifs is 2. The van der Waals surface area contributed by atoms with E-state index in [1.54, 1.807) is 37.5 Å². The number of benzene rings is 2. The molecule has 0 aliphatic heterocycles. The van der Waals surface area contributed by atoms with Gasteiger partial charge in [0.2, 0.25) is 5.88 Å². The SMILES string of the molecule is CN(CCC#N)C(=O)c1c2cccnc2c(O)c2c(O)n(Cc3ccc(F)cc3)cc12. The molecule has 156 valence electrons. The van der Waals surface area contributed by atoms with Gasteiger partial charge >= 0.3 is 0 Å². The first-order valence-electron chi connectivity index (χ1n) is 9.60. The van der Waals surface area contributed by atoms with Crippen LogP contribution < -0.4 is 0 Å². The number of halogens is 1. The molecular formula is C23H19FN4O3. The zero-order valence-electron chi connectivity index (χ0n) is 16.7. The summed E-state index contributed by atoms with van der Waals surface area (Å²) in [6, 6.07) is 11.2. The Morgan fingerprint density at radius 3 is 2.68 bits per heavy atom. The fraction of sp³-hybridized carbons (Fsp3) is 0.174. The van der Waals surface area contributed by atoms with E-state index in [9.17, 15) is 19.4 Å². The first-order chi connectivity index (χ1) is 14.9. The average Bonchev–Trinajstić information content (AvgIpc) is 3.09. The van der Waals surface area contributed by atoms with Gasteiger partial charge in [-0.1, -0.05) is 18.2 Å². The van der Waals surface area contributed by atoms with Crippen molar-refractivity contribution in [2.24, 2.45) is 0 Å². The fourth-order valence-electron chi connectivity index (χ4n) is 3.68. The van der Waals surface area contributed by atoms with Crippen LogP contribution in [0.25, 0.3) is 21.7 Å². The predicted octanol–water partition coefficient (Wildman–Crippen LogP) is 3.77. The van der Waals surface area contributed by atoms with Crippen molar-refractivity contribution in [3.8, 4) is 17.7 Å². The van der Waals surface area contributed by atoms with Crippen molar-refractivity contribution in [1.82, 2.24) is 14.5 Å². The van der Waals surface area contributed by atoms with Crippen LogP contribution in [0, 0.1) is 17.1 Å². The van der Waals surface area contributed by atoms with Crippen molar-refractivity contribution in [2.45, 2.75) is 13.0 Å². The van der Waals surface area contributed by atoms with Crippen molar-refractivity contribution in [3.05, 3.63) is 65.7 Å². The number of nitriles is 1. The Morgan fingerprint density at radius 2 is 1.97 bits per heavy atom. The van der Waals surface area contributed by atoms with Crippen molar-refractivity contribution >= 4 is 27.6 Å². The normalized spacial score (nSPS) is 11.0. The van der Waals surface area contributed by atoms with Crippen LogP contribution in [0.3, 0.4) is 0 Å². The summed E-state index contributed by atoms with van der Waals surface area (Å²) in [7, 11) is 1.59. The molecule has 0 bridgehead atoms. The van der Waals surface area contributed by atoms with Crippen molar-refractivity contribution in [1.29, 1.82) is 5.26 Å². The standard InChI is InChI=1S/C23H19FN4O3/c1-27(11-3-9-25)22(30)18-16-4-2-10-26-20(16)21(29)19-17(18)13-28(23(19)31)12-14-5-7-15(24)8-6-14/h2,4-8,10,13,29,31H,3,11-12H2,1H3. The number of pyridine rings is 1. The van der Waals surface area contributed by atoms with Crippen molar-refractivity contribution in [3.63, 3.8) is 0 Å². The maximum Gasteiger partial charge on any atom is 0.255 e. The molecule has 0 aliphatic carbocycles. The highest BCUT2D eigenvalue weighted by Gasteiger charge is 2.26. The summed E-state index contributed by atoms with van der Waals surface area (Å²) in [5, 5.41) is 31.5. The van der Waals surface area contributed by atoms with Gasteiger partial charge in [0.05, 0.1) is 30.0 Å². The van der Waals surface area contributed by atoms with Crippen molar-refractivity contribution < 1.29 is 19.4 Å². The Bertz CT molecular complexity index is 1340. The van der Waals surface area contributed by atoms with Gasteiger partial charge in [0.25, 0.3) is 5.91 Å². The molecule has 8 heteroatoms. The van der Waals surface area contributed by atoms with Gasteiger partial charge in [0, 0.05) is 36.8 Å². The van der Waals surface area contributed by atoms with E-state index < -0.39 is 0 Å². The molecule has 0 unspecified atom stereocenters. The molecule has 4 rings (SSSR count). The second kappa shape index (κ2) is 7.95. The summed E-state index contributed by atoms with van der Waals surface area (Å²) in [6.07, 6.45) is 3.26. The number of phenolic OH excluding ortho intramolecular Hbond substituents is 1.